The zero-order valence-corrected chi connectivity index (χ0v) is 16.3. The Morgan fingerprint density at radius 3 is 2.64 bits per heavy atom. The van der Waals surface area contributed by atoms with Crippen molar-refractivity contribution in [3.05, 3.63) is 65.1 Å². The van der Waals surface area contributed by atoms with Crippen molar-refractivity contribution in [3.63, 3.8) is 0 Å². The number of nitrogens with zero attached hydrogens (tertiary/aromatic N) is 2. The van der Waals surface area contributed by atoms with Gasteiger partial charge >= 0.3 is 0 Å². The van der Waals surface area contributed by atoms with Gasteiger partial charge in [0.05, 0.1) is 12.0 Å². The lowest BCUT2D eigenvalue weighted by molar-refractivity contribution is -0.111. The molecule has 1 amide bonds. The van der Waals surface area contributed by atoms with E-state index in [0.29, 0.717) is 5.69 Å². The largest absolute Gasteiger partial charge is 0.481 e. The third-order valence-electron chi connectivity index (χ3n) is 3.46. The number of ether oxygens (including phenoxy) is 1. The average Bonchev–Trinajstić information content (AvgIpc) is 3.20. The first kappa shape index (κ1) is 19.5. The molecule has 2 heterocycles. The Bertz CT molecular complexity index is 1080. The van der Waals surface area contributed by atoms with Crippen LogP contribution in [0.1, 0.15) is 4.88 Å². The number of aromatic nitrogens is 2. The second-order valence-corrected chi connectivity index (χ2v) is 8.08. The van der Waals surface area contributed by atoms with E-state index in [1.54, 1.807) is 6.08 Å². The number of amides is 1. The molecule has 0 aliphatic rings. The maximum absolute atomic E-state index is 12.5. The SMILES string of the molecule is COc1cc(NS(=O)(=O)c2ccc(NC(=O)/C=C/c3cccs3)cc2)ncn1. The molecule has 0 aliphatic carbocycles. The number of hydrogen-bond acceptors (Lipinski definition) is 7. The minimum absolute atomic E-state index is 0.0252. The van der Waals surface area contributed by atoms with E-state index in [9.17, 15) is 13.2 Å². The van der Waals surface area contributed by atoms with Crippen molar-refractivity contribution < 1.29 is 17.9 Å². The Kier molecular flexibility index (Phi) is 6.02. The van der Waals surface area contributed by atoms with E-state index in [4.69, 9.17) is 4.74 Å². The van der Waals surface area contributed by atoms with Crippen LogP contribution in [0.25, 0.3) is 6.08 Å². The number of sulfonamides is 1. The number of benzene rings is 1. The molecule has 0 atom stereocenters. The monoisotopic (exact) mass is 416 g/mol. The number of thiophene rings is 1. The molecule has 2 N–H and O–H groups in total. The van der Waals surface area contributed by atoms with Crippen LogP contribution in [0.3, 0.4) is 0 Å². The van der Waals surface area contributed by atoms with Crippen LogP contribution in [0.5, 0.6) is 5.88 Å². The molecule has 0 saturated carbocycles. The van der Waals surface area contributed by atoms with E-state index in [1.807, 2.05) is 17.5 Å². The topological polar surface area (TPSA) is 110 Å². The van der Waals surface area contributed by atoms with Gasteiger partial charge in [0.25, 0.3) is 10.0 Å². The molecule has 1 aromatic carbocycles. The van der Waals surface area contributed by atoms with Gasteiger partial charge in [0.15, 0.2) is 0 Å². The Morgan fingerprint density at radius 2 is 1.96 bits per heavy atom. The lowest BCUT2D eigenvalue weighted by Crippen LogP contribution is -2.14. The molecule has 3 aromatic rings. The lowest BCUT2D eigenvalue weighted by atomic mass is 10.3. The highest BCUT2D eigenvalue weighted by molar-refractivity contribution is 7.92. The minimum Gasteiger partial charge on any atom is -0.481 e. The van der Waals surface area contributed by atoms with Gasteiger partial charge in [-0.25, -0.2) is 18.4 Å². The Balaban J connectivity index is 1.66. The molecule has 0 radical (unpaired) electrons. The number of rotatable bonds is 7. The number of carbonyl (C=O) groups excluding carboxylic acids is 1. The molecule has 0 fully saturated rings. The van der Waals surface area contributed by atoms with Crippen LogP contribution in [-0.4, -0.2) is 31.4 Å². The third kappa shape index (κ3) is 5.15. The standard InChI is InChI=1S/C18H16N4O4S2/c1-26-18-11-16(19-12-20-18)22-28(24,25)15-7-4-13(5-8-15)21-17(23)9-6-14-3-2-10-27-14/h2-12H,1H3,(H,21,23)(H,19,20,22)/b9-6+. The van der Waals surface area contributed by atoms with Crippen LogP contribution in [0.4, 0.5) is 11.5 Å². The first-order valence-corrected chi connectivity index (χ1v) is 10.3. The fourth-order valence-corrected chi connectivity index (χ4v) is 3.77. The Labute approximate surface area is 166 Å². The second kappa shape index (κ2) is 8.63. The summed E-state index contributed by atoms with van der Waals surface area (Å²) in [4.78, 5) is 20.6. The Morgan fingerprint density at radius 1 is 1.18 bits per heavy atom. The fraction of sp³-hybridized carbons (Fsp3) is 0.0556. The molecule has 2 aromatic heterocycles. The molecule has 10 heteroatoms. The summed E-state index contributed by atoms with van der Waals surface area (Å²) >= 11 is 1.52. The average molecular weight is 416 g/mol. The maximum Gasteiger partial charge on any atom is 0.263 e. The summed E-state index contributed by atoms with van der Waals surface area (Å²) in [5.74, 6) is 0.0134. The van der Waals surface area contributed by atoms with Crippen molar-refractivity contribution in [1.29, 1.82) is 0 Å². The molecule has 28 heavy (non-hydrogen) atoms. The summed E-state index contributed by atoms with van der Waals surface area (Å²) in [6, 6.07) is 10.9. The molecular formula is C18H16N4O4S2. The van der Waals surface area contributed by atoms with Gasteiger partial charge in [-0.2, -0.15) is 0 Å². The molecule has 8 nitrogen and oxygen atoms in total. The molecule has 0 aliphatic heterocycles. The van der Waals surface area contributed by atoms with Gasteiger partial charge in [-0.1, -0.05) is 6.07 Å². The van der Waals surface area contributed by atoms with Crippen molar-refractivity contribution in [2.45, 2.75) is 4.90 Å². The van der Waals surface area contributed by atoms with E-state index in [1.165, 1.54) is 61.2 Å². The normalized spacial score (nSPS) is 11.3. The molecule has 0 spiro atoms. The predicted octanol–water partition coefficient (Wildman–Crippen LogP) is 3.00. The maximum atomic E-state index is 12.5. The summed E-state index contributed by atoms with van der Waals surface area (Å²) in [6.07, 6.45) is 4.32. The van der Waals surface area contributed by atoms with Crippen LogP contribution in [-0.2, 0) is 14.8 Å². The van der Waals surface area contributed by atoms with Crippen molar-refractivity contribution in [2.75, 3.05) is 17.1 Å². The first-order valence-electron chi connectivity index (χ1n) is 7.98. The van der Waals surface area contributed by atoms with Gasteiger partial charge < -0.3 is 10.1 Å². The highest BCUT2D eigenvalue weighted by Crippen LogP contribution is 2.19. The second-order valence-electron chi connectivity index (χ2n) is 5.41. The first-order chi connectivity index (χ1) is 13.5. The lowest BCUT2D eigenvalue weighted by Gasteiger charge is -2.09. The number of hydrogen-bond donors (Lipinski definition) is 2. The van der Waals surface area contributed by atoms with E-state index >= 15 is 0 Å². The van der Waals surface area contributed by atoms with Gasteiger partial charge in [-0.05, 0) is 41.8 Å². The van der Waals surface area contributed by atoms with Crippen molar-refractivity contribution in [1.82, 2.24) is 9.97 Å². The quantitative estimate of drug-likeness (QED) is 0.573. The molecule has 3 rings (SSSR count). The number of nitrogens with one attached hydrogen (secondary N) is 2. The van der Waals surface area contributed by atoms with Gasteiger partial charge in [0, 0.05) is 22.7 Å². The summed E-state index contributed by atoms with van der Waals surface area (Å²) in [6.45, 7) is 0. The number of carbonyl (C=O) groups is 1. The smallest absolute Gasteiger partial charge is 0.263 e. The predicted molar refractivity (Wildman–Crippen MR) is 108 cm³/mol. The van der Waals surface area contributed by atoms with Crippen LogP contribution >= 0.6 is 11.3 Å². The van der Waals surface area contributed by atoms with Crippen LogP contribution in [0, 0.1) is 0 Å². The highest BCUT2D eigenvalue weighted by Gasteiger charge is 2.15. The summed E-state index contributed by atoms with van der Waals surface area (Å²) in [5.41, 5.74) is 0.475. The molecule has 0 saturated heterocycles. The van der Waals surface area contributed by atoms with Crippen molar-refractivity contribution >= 4 is 44.8 Å². The van der Waals surface area contributed by atoms with E-state index in [0.717, 1.165) is 4.88 Å². The zero-order chi connectivity index (χ0) is 20.0. The third-order valence-corrected chi connectivity index (χ3v) is 5.67. The minimum atomic E-state index is -3.84. The van der Waals surface area contributed by atoms with Crippen LogP contribution in [0.15, 0.2) is 65.1 Å². The van der Waals surface area contributed by atoms with Crippen molar-refractivity contribution in [3.8, 4) is 5.88 Å². The number of methoxy groups -OCH3 is 1. The van der Waals surface area contributed by atoms with Crippen molar-refractivity contribution in [2.24, 2.45) is 0 Å². The zero-order valence-electron chi connectivity index (χ0n) is 14.7. The Hall–Kier alpha value is -3.24. The van der Waals surface area contributed by atoms with E-state index in [2.05, 4.69) is 20.0 Å². The number of anilines is 2. The van der Waals surface area contributed by atoms with Crippen LogP contribution < -0.4 is 14.8 Å². The van der Waals surface area contributed by atoms with E-state index in [-0.39, 0.29) is 22.5 Å². The molecule has 0 bridgehead atoms. The van der Waals surface area contributed by atoms with Gasteiger partial charge in [-0.3, -0.25) is 9.52 Å². The van der Waals surface area contributed by atoms with Crippen LogP contribution in [0.2, 0.25) is 0 Å². The fourth-order valence-electron chi connectivity index (χ4n) is 2.15. The molecule has 144 valence electrons. The summed E-state index contributed by atoms with van der Waals surface area (Å²) in [5, 5.41) is 4.59. The molecular weight excluding hydrogens is 400 g/mol. The van der Waals surface area contributed by atoms with Gasteiger partial charge in [0.2, 0.25) is 11.8 Å². The highest BCUT2D eigenvalue weighted by atomic mass is 32.2. The summed E-state index contributed by atoms with van der Waals surface area (Å²) < 4.78 is 32.2. The van der Waals surface area contributed by atoms with Gasteiger partial charge in [0.1, 0.15) is 12.1 Å². The van der Waals surface area contributed by atoms with Gasteiger partial charge in [-0.15, -0.1) is 11.3 Å². The van der Waals surface area contributed by atoms with E-state index < -0.39 is 10.0 Å². The molecule has 0 unspecified atom stereocenters. The summed E-state index contributed by atoms with van der Waals surface area (Å²) in [7, 11) is -2.42.